The molecule has 0 aliphatic carbocycles. The lowest BCUT2D eigenvalue weighted by molar-refractivity contribution is -0.134. The molecule has 4 rings (SSSR count). The average Bonchev–Trinajstić information content (AvgIpc) is 3.52. The Morgan fingerprint density at radius 2 is 1.82 bits per heavy atom. The maximum atomic E-state index is 13.3. The summed E-state index contributed by atoms with van der Waals surface area (Å²) in [6.45, 7) is 7.61. The summed E-state index contributed by atoms with van der Waals surface area (Å²) < 4.78 is 11.1. The molecule has 2 amide bonds. The molecule has 3 aromatic rings. The molecule has 0 radical (unpaired) electrons. The number of carbonyl (C=O) groups is 2. The maximum absolute atomic E-state index is 13.3. The minimum absolute atomic E-state index is 0.0738. The first-order valence-electron chi connectivity index (χ1n) is 11.2. The standard InChI is InChI=1S/C25H27N5O4/c1-16(2)21(28-22(31)18-8-6-17(3)7-9-18)24(32)29-10-12-30(13-11-29)25-19(15-26)27-23(34-25)20-5-4-14-33-20/h4-9,14,16,21H,10-13H2,1-3H3,(H,28,31). The molecule has 1 aliphatic rings. The van der Waals surface area contributed by atoms with E-state index in [1.54, 1.807) is 29.2 Å². The van der Waals surface area contributed by atoms with Gasteiger partial charge in [0.15, 0.2) is 5.76 Å². The van der Waals surface area contributed by atoms with E-state index >= 15 is 0 Å². The van der Waals surface area contributed by atoms with E-state index in [9.17, 15) is 14.9 Å². The third kappa shape index (κ3) is 4.81. The Morgan fingerprint density at radius 3 is 2.41 bits per heavy atom. The second-order valence-electron chi connectivity index (χ2n) is 8.64. The Hall–Kier alpha value is -4.06. The first-order valence-corrected chi connectivity index (χ1v) is 11.2. The molecule has 1 N–H and O–H groups in total. The number of aromatic nitrogens is 1. The van der Waals surface area contributed by atoms with Crippen molar-refractivity contribution in [3.05, 3.63) is 59.5 Å². The molecular formula is C25H27N5O4. The largest absolute Gasteiger partial charge is 0.459 e. The number of anilines is 1. The summed E-state index contributed by atoms with van der Waals surface area (Å²) in [6.07, 6.45) is 1.51. The molecule has 0 saturated carbocycles. The van der Waals surface area contributed by atoms with Gasteiger partial charge in [-0.3, -0.25) is 9.59 Å². The van der Waals surface area contributed by atoms with Crippen molar-refractivity contribution in [2.45, 2.75) is 26.8 Å². The fourth-order valence-corrected chi connectivity index (χ4v) is 3.87. The van der Waals surface area contributed by atoms with Crippen LogP contribution in [0, 0.1) is 24.2 Å². The number of rotatable bonds is 6. The molecule has 1 atom stereocenters. The van der Waals surface area contributed by atoms with Crippen molar-refractivity contribution in [2.75, 3.05) is 31.1 Å². The van der Waals surface area contributed by atoms with Gasteiger partial charge in [-0.25, -0.2) is 0 Å². The van der Waals surface area contributed by atoms with Crippen molar-refractivity contribution in [1.29, 1.82) is 5.26 Å². The molecule has 2 aromatic heterocycles. The van der Waals surface area contributed by atoms with Gasteiger partial charge in [-0.1, -0.05) is 31.5 Å². The van der Waals surface area contributed by atoms with Gasteiger partial charge in [0.2, 0.25) is 17.5 Å². The highest BCUT2D eigenvalue weighted by Crippen LogP contribution is 2.29. The molecule has 9 heteroatoms. The minimum Gasteiger partial charge on any atom is -0.459 e. The molecule has 1 fully saturated rings. The van der Waals surface area contributed by atoms with Gasteiger partial charge in [-0.15, -0.1) is 0 Å². The van der Waals surface area contributed by atoms with Crippen LogP contribution in [0.4, 0.5) is 5.88 Å². The van der Waals surface area contributed by atoms with Gasteiger partial charge in [0.1, 0.15) is 12.1 Å². The van der Waals surface area contributed by atoms with E-state index in [1.807, 2.05) is 37.8 Å². The smallest absolute Gasteiger partial charge is 0.266 e. The molecule has 0 spiro atoms. The lowest BCUT2D eigenvalue weighted by Gasteiger charge is -2.37. The number of nitrogens with one attached hydrogen (secondary N) is 1. The van der Waals surface area contributed by atoms with E-state index in [0.717, 1.165) is 5.56 Å². The van der Waals surface area contributed by atoms with Gasteiger partial charge in [0.25, 0.3) is 11.8 Å². The Balaban J connectivity index is 1.41. The molecule has 3 heterocycles. The van der Waals surface area contributed by atoms with Gasteiger partial charge >= 0.3 is 0 Å². The number of amides is 2. The number of hydrogen-bond donors (Lipinski definition) is 1. The van der Waals surface area contributed by atoms with E-state index in [2.05, 4.69) is 16.4 Å². The first kappa shape index (κ1) is 23.1. The summed E-state index contributed by atoms with van der Waals surface area (Å²) >= 11 is 0. The summed E-state index contributed by atoms with van der Waals surface area (Å²) in [5, 5.41) is 12.4. The zero-order chi connectivity index (χ0) is 24.2. The number of nitrogens with zero attached hydrogens (tertiary/aromatic N) is 4. The lowest BCUT2D eigenvalue weighted by atomic mass is 10.0. The quantitative estimate of drug-likeness (QED) is 0.599. The summed E-state index contributed by atoms with van der Waals surface area (Å²) in [4.78, 5) is 33.9. The number of oxazole rings is 1. The zero-order valence-electron chi connectivity index (χ0n) is 19.4. The highest BCUT2D eigenvalue weighted by molar-refractivity contribution is 5.97. The Kier molecular flexibility index (Phi) is 6.68. The van der Waals surface area contributed by atoms with Crippen LogP contribution in [0.1, 0.15) is 35.5 Å². The molecule has 176 valence electrons. The van der Waals surface area contributed by atoms with E-state index in [1.165, 1.54) is 6.26 Å². The van der Waals surface area contributed by atoms with Crippen molar-refractivity contribution < 1.29 is 18.4 Å². The third-order valence-corrected chi connectivity index (χ3v) is 5.86. The number of piperazine rings is 1. The zero-order valence-corrected chi connectivity index (χ0v) is 19.4. The third-order valence-electron chi connectivity index (χ3n) is 5.86. The molecular weight excluding hydrogens is 434 g/mol. The van der Waals surface area contributed by atoms with Crippen molar-refractivity contribution in [1.82, 2.24) is 15.2 Å². The van der Waals surface area contributed by atoms with Crippen LogP contribution < -0.4 is 10.2 Å². The van der Waals surface area contributed by atoms with Gasteiger partial charge in [0, 0.05) is 31.7 Å². The van der Waals surface area contributed by atoms with Crippen molar-refractivity contribution in [3.63, 3.8) is 0 Å². The van der Waals surface area contributed by atoms with Crippen molar-refractivity contribution >= 4 is 17.7 Å². The van der Waals surface area contributed by atoms with E-state index in [4.69, 9.17) is 8.83 Å². The van der Waals surface area contributed by atoms with Crippen LogP contribution in [0.15, 0.2) is 51.5 Å². The summed E-state index contributed by atoms with van der Waals surface area (Å²) in [6, 6.07) is 12.1. The highest BCUT2D eigenvalue weighted by Gasteiger charge is 2.32. The highest BCUT2D eigenvalue weighted by atomic mass is 16.4. The number of carbonyl (C=O) groups excluding carboxylic acids is 2. The average molecular weight is 462 g/mol. The Bertz CT molecular complexity index is 1180. The number of aryl methyl sites for hydroxylation is 1. The molecule has 1 saturated heterocycles. The Labute approximate surface area is 198 Å². The number of nitriles is 1. The predicted octanol–water partition coefficient (Wildman–Crippen LogP) is 3.22. The SMILES string of the molecule is Cc1ccc(C(=O)NC(C(=O)N2CCN(c3oc(-c4ccco4)nc3C#N)CC2)C(C)C)cc1. The maximum Gasteiger partial charge on any atom is 0.266 e. The van der Waals surface area contributed by atoms with Crippen molar-refractivity contribution in [2.24, 2.45) is 5.92 Å². The van der Waals surface area contributed by atoms with Crippen LogP contribution in [0.25, 0.3) is 11.7 Å². The molecule has 34 heavy (non-hydrogen) atoms. The van der Waals surface area contributed by atoms with Crippen LogP contribution >= 0.6 is 0 Å². The second-order valence-corrected chi connectivity index (χ2v) is 8.64. The second kappa shape index (κ2) is 9.83. The van der Waals surface area contributed by atoms with Crippen LogP contribution in [0.3, 0.4) is 0 Å². The molecule has 1 aromatic carbocycles. The molecule has 0 bridgehead atoms. The molecule has 1 unspecified atom stereocenters. The van der Waals surface area contributed by atoms with Gasteiger partial charge < -0.3 is 24.0 Å². The predicted molar refractivity (Wildman–Crippen MR) is 125 cm³/mol. The summed E-state index contributed by atoms with van der Waals surface area (Å²) in [5.74, 6) is 0.597. The monoisotopic (exact) mass is 461 g/mol. The van der Waals surface area contributed by atoms with E-state index < -0.39 is 6.04 Å². The fraction of sp³-hybridized carbons (Fsp3) is 0.360. The first-order chi connectivity index (χ1) is 16.4. The summed E-state index contributed by atoms with van der Waals surface area (Å²) in [7, 11) is 0. The van der Waals surface area contributed by atoms with E-state index in [0.29, 0.717) is 43.4 Å². The minimum atomic E-state index is -0.633. The number of benzene rings is 1. The van der Waals surface area contributed by atoms with Gasteiger partial charge in [-0.05, 0) is 37.1 Å². The number of furan rings is 1. The van der Waals surface area contributed by atoms with Crippen LogP contribution in [0.5, 0.6) is 0 Å². The van der Waals surface area contributed by atoms with Gasteiger partial charge in [-0.2, -0.15) is 10.2 Å². The Morgan fingerprint density at radius 1 is 1.12 bits per heavy atom. The molecule has 1 aliphatic heterocycles. The van der Waals surface area contributed by atoms with Gasteiger partial charge in [0.05, 0.1) is 6.26 Å². The van der Waals surface area contributed by atoms with Crippen LogP contribution in [-0.4, -0.2) is 53.9 Å². The molecule has 9 nitrogen and oxygen atoms in total. The van der Waals surface area contributed by atoms with Crippen LogP contribution in [0.2, 0.25) is 0 Å². The van der Waals surface area contributed by atoms with E-state index in [-0.39, 0.29) is 29.3 Å². The number of hydrogen-bond acceptors (Lipinski definition) is 7. The normalized spacial score (nSPS) is 14.7. The van der Waals surface area contributed by atoms with Crippen molar-refractivity contribution in [3.8, 4) is 17.7 Å². The lowest BCUT2D eigenvalue weighted by Crippen LogP contribution is -2.56. The van der Waals surface area contributed by atoms with Crippen LogP contribution in [-0.2, 0) is 4.79 Å². The topological polar surface area (TPSA) is 116 Å². The summed E-state index contributed by atoms with van der Waals surface area (Å²) in [5.41, 5.74) is 1.76. The fourth-order valence-electron chi connectivity index (χ4n) is 3.87.